The predicted molar refractivity (Wildman–Crippen MR) is 128 cm³/mol. The van der Waals surface area contributed by atoms with Gasteiger partial charge in [0.05, 0.1) is 23.4 Å². The van der Waals surface area contributed by atoms with Gasteiger partial charge < -0.3 is 9.64 Å². The molecule has 6 heteroatoms. The number of carbonyl (C=O) groups is 2. The average Bonchev–Trinajstić information content (AvgIpc) is 2.83. The predicted octanol–water partition coefficient (Wildman–Crippen LogP) is 4.83. The van der Waals surface area contributed by atoms with Crippen LogP contribution >= 0.6 is 0 Å². The van der Waals surface area contributed by atoms with Crippen molar-refractivity contribution >= 4 is 18.1 Å². The van der Waals surface area contributed by atoms with E-state index < -0.39 is 5.60 Å². The molecule has 1 saturated heterocycles. The number of esters is 1. The highest BCUT2D eigenvalue weighted by Gasteiger charge is 2.29. The van der Waals surface area contributed by atoms with Crippen LogP contribution in [0.3, 0.4) is 0 Å². The lowest BCUT2D eigenvalue weighted by Crippen LogP contribution is -2.40. The number of nitrogens with zero attached hydrogens (tertiary/aromatic N) is 3. The minimum Gasteiger partial charge on any atom is -0.460 e. The number of allylic oxidation sites excluding steroid dienone is 3. The van der Waals surface area contributed by atoms with Crippen molar-refractivity contribution in [3.63, 3.8) is 0 Å². The minimum absolute atomic E-state index is 0.0309. The Morgan fingerprint density at radius 2 is 1.88 bits per heavy atom. The molecule has 0 bridgehead atoms. The van der Waals surface area contributed by atoms with Crippen LogP contribution in [0.25, 0.3) is 0 Å². The van der Waals surface area contributed by atoms with Crippen LogP contribution in [-0.4, -0.2) is 52.6 Å². The minimum atomic E-state index is -0.446. The van der Waals surface area contributed by atoms with Crippen molar-refractivity contribution in [1.82, 2.24) is 9.80 Å². The van der Waals surface area contributed by atoms with E-state index >= 15 is 0 Å². The quantitative estimate of drug-likeness (QED) is 0.464. The van der Waals surface area contributed by atoms with Crippen molar-refractivity contribution in [1.29, 1.82) is 0 Å². The van der Waals surface area contributed by atoms with Crippen LogP contribution in [-0.2, 0) is 14.3 Å². The zero-order valence-electron chi connectivity index (χ0n) is 20.3. The summed E-state index contributed by atoms with van der Waals surface area (Å²) >= 11 is 0. The van der Waals surface area contributed by atoms with Gasteiger partial charge in [-0.3, -0.25) is 19.5 Å². The Kier molecular flexibility index (Phi) is 7.96. The van der Waals surface area contributed by atoms with E-state index in [9.17, 15) is 9.59 Å². The lowest BCUT2D eigenvalue weighted by Gasteiger charge is -2.36. The second kappa shape index (κ2) is 10.5. The normalized spacial score (nSPS) is 27.4. The molecular weight excluding hydrogens is 402 g/mol. The number of carbonyl (C=O) groups excluding carboxylic acids is 2. The number of aliphatic imine (C=N–C) groups is 1. The summed E-state index contributed by atoms with van der Waals surface area (Å²) in [6.45, 7) is 11.8. The van der Waals surface area contributed by atoms with E-state index in [0.717, 1.165) is 69.4 Å². The third-order valence-corrected chi connectivity index (χ3v) is 6.13. The van der Waals surface area contributed by atoms with E-state index in [1.165, 1.54) is 0 Å². The van der Waals surface area contributed by atoms with Crippen molar-refractivity contribution in [2.45, 2.75) is 84.8 Å². The molecule has 176 valence electrons. The monoisotopic (exact) mass is 441 g/mol. The van der Waals surface area contributed by atoms with Crippen LogP contribution < -0.4 is 0 Å². The Morgan fingerprint density at radius 1 is 1.16 bits per heavy atom. The summed E-state index contributed by atoms with van der Waals surface area (Å²) < 4.78 is 5.67. The summed E-state index contributed by atoms with van der Waals surface area (Å²) in [5.41, 5.74) is 1.31. The van der Waals surface area contributed by atoms with Gasteiger partial charge in [-0.15, -0.1) is 0 Å². The number of aldehydes is 1. The van der Waals surface area contributed by atoms with Gasteiger partial charge in [0.25, 0.3) is 0 Å². The van der Waals surface area contributed by atoms with Gasteiger partial charge in [-0.1, -0.05) is 25.5 Å². The summed E-state index contributed by atoms with van der Waals surface area (Å²) in [6, 6.07) is 0.0727. The summed E-state index contributed by atoms with van der Waals surface area (Å²) in [6.07, 6.45) is 14.8. The Balaban J connectivity index is 1.79. The van der Waals surface area contributed by atoms with E-state index in [4.69, 9.17) is 9.73 Å². The van der Waals surface area contributed by atoms with Crippen LogP contribution in [0.4, 0.5) is 0 Å². The summed E-state index contributed by atoms with van der Waals surface area (Å²) in [7, 11) is 0. The third kappa shape index (κ3) is 6.33. The first-order valence-corrected chi connectivity index (χ1v) is 12.1. The van der Waals surface area contributed by atoms with Gasteiger partial charge >= 0.3 is 5.97 Å². The molecule has 6 nitrogen and oxygen atoms in total. The highest BCUT2D eigenvalue weighted by molar-refractivity contribution is 6.02. The average molecular weight is 442 g/mol. The lowest BCUT2D eigenvalue weighted by atomic mass is 9.97. The number of hydrogen-bond donors (Lipinski definition) is 0. The highest BCUT2D eigenvalue weighted by Crippen LogP contribution is 2.28. The molecule has 0 saturated carbocycles. The second-order valence-corrected chi connectivity index (χ2v) is 10.3. The first-order valence-electron chi connectivity index (χ1n) is 12.1. The molecule has 3 aliphatic rings. The maximum absolute atomic E-state index is 12.7. The Hall–Kier alpha value is -2.37. The molecule has 0 aromatic heterocycles. The first-order chi connectivity index (χ1) is 15.2. The SMILES string of the molecule is CC1C=C(C=O)N2C=CC(C)N=C2C(N2CCCCC(C(=O)OC(C)(C)C)CCC2)=CC1. The molecular formula is C26H39N3O3. The van der Waals surface area contributed by atoms with Crippen LogP contribution in [0.1, 0.15) is 73.1 Å². The smallest absolute Gasteiger partial charge is 0.309 e. The number of hydrogen-bond acceptors (Lipinski definition) is 6. The van der Waals surface area contributed by atoms with Crippen LogP contribution in [0, 0.1) is 11.8 Å². The fraction of sp³-hybridized carbons (Fsp3) is 0.654. The zero-order valence-corrected chi connectivity index (χ0v) is 20.3. The number of amidine groups is 1. The van der Waals surface area contributed by atoms with Gasteiger partial charge in [-0.25, -0.2) is 0 Å². The van der Waals surface area contributed by atoms with E-state index in [1.807, 2.05) is 44.0 Å². The van der Waals surface area contributed by atoms with Crippen LogP contribution in [0.5, 0.6) is 0 Å². The van der Waals surface area contributed by atoms with Crippen molar-refractivity contribution in [3.05, 3.63) is 35.8 Å². The van der Waals surface area contributed by atoms with Gasteiger partial charge in [-0.05, 0) is 71.8 Å². The summed E-state index contributed by atoms with van der Waals surface area (Å²) in [5, 5.41) is 0. The van der Waals surface area contributed by atoms with Crippen molar-refractivity contribution in [2.75, 3.05) is 13.1 Å². The first kappa shape index (κ1) is 24.3. The van der Waals surface area contributed by atoms with E-state index in [-0.39, 0.29) is 23.8 Å². The molecule has 3 atom stereocenters. The summed E-state index contributed by atoms with van der Waals surface area (Å²) in [5.74, 6) is 1.03. The van der Waals surface area contributed by atoms with Crippen molar-refractivity contribution < 1.29 is 14.3 Å². The third-order valence-electron chi connectivity index (χ3n) is 6.13. The van der Waals surface area contributed by atoms with Gasteiger partial charge in [0.2, 0.25) is 0 Å². The van der Waals surface area contributed by atoms with Crippen molar-refractivity contribution in [3.8, 4) is 0 Å². The van der Waals surface area contributed by atoms with Crippen LogP contribution in [0.2, 0.25) is 0 Å². The van der Waals surface area contributed by atoms with E-state index in [1.54, 1.807) is 0 Å². The molecule has 0 spiro atoms. The molecule has 32 heavy (non-hydrogen) atoms. The van der Waals surface area contributed by atoms with Crippen LogP contribution in [0.15, 0.2) is 40.8 Å². The molecule has 0 aromatic rings. The molecule has 3 rings (SSSR count). The Morgan fingerprint density at radius 3 is 2.59 bits per heavy atom. The Bertz CT molecular complexity index is 819. The number of rotatable bonds is 3. The fourth-order valence-corrected chi connectivity index (χ4v) is 4.51. The Labute approximate surface area is 193 Å². The van der Waals surface area contributed by atoms with E-state index in [0.29, 0.717) is 5.70 Å². The molecule has 0 N–H and O–H groups in total. The largest absolute Gasteiger partial charge is 0.460 e. The van der Waals surface area contributed by atoms with Gasteiger partial charge in [-0.2, -0.15) is 0 Å². The number of ether oxygens (including phenoxy) is 1. The molecule has 3 unspecified atom stereocenters. The maximum atomic E-state index is 12.7. The molecule has 3 aliphatic heterocycles. The lowest BCUT2D eigenvalue weighted by molar-refractivity contribution is -0.160. The molecule has 0 amide bonds. The molecule has 0 radical (unpaired) electrons. The summed E-state index contributed by atoms with van der Waals surface area (Å²) in [4.78, 5) is 33.8. The molecule has 0 aromatic carbocycles. The molecule has 3 heterocycles. The molecule has 0 aliphatic carbocycles. The topological polar surface area (TPSA) is 62.2 Å². The van der Waals surface area contributed by atoms with Gasteiger partial charge in [0, 0.05) is 19.3 Å². The maximum Gasteiger partial charge on any atom is 0.309 e. The second-order valence-electron chi connectivity index (χ2n) is 10.3. The number of fused-ring (bicyclic) bond motifs is 1. The van der Waals surface area contributed by atoms with Crippen molar-refractivity contribution in [2.24, 2.45) is 16.8 Å². The zero-order chi connectivity index (χ0) is 23.3. The standard InChI is InChI=1S/C26H39N3O3/c1-19-11-12-23(24-27-20(2)13-16-29(24)22(17-19)18-30)28-14-7-6-9-21(10-8-15-28)25(31)32-26(3,4)5/h12-13,16-21H,6-11,14-15H2,1-5H3. The van der Waals surface area contributed by atoms with Gasteiger partial charge in [0.1, 0.15) is 5.60 Å². The molecule has 1 fully saturated rings. The fourth-order valence-electron chi connectivity index (χ4n) is 4.51. The van der Waals surface area contributed by atoms with E-state index in [2.05, 4.69) is 24.8 Å². The highest BCUT2D eigenvalue weighted by atomic mass is 16.6. The van der Waals surface area contributed by atoms with Gasteiger partial charge in [0.15, 0.2) is 12.1 Å².